The zero-order valence-electron chi connectivity index (χ0n) is 8.13. The van der Waals surface area contributed by atoms with Gasteiger partial charge in [-0.2, -0.15) is 0 Å². The molecule has 1 aliphatic heterocycles. The molecule has 1 unspecified atom stereocenters. The minimum atomic E-state index is -0.974. The summed E-state index contributed by atoms with van der Waals surface area (Å²) in [4.78, 5) is 23.6. The highest BCUT2D eigenvalue weighted by molar-refractivity contribution is 6.29. The van der Waals surface area contributed by atoms with Gasteiger partial charge in [0.1, 0.15) is 0 Å². The van der Waals surface area contributed by atoms with Crippen LogP contribution in [-0.2, 0) is 9.59 Å². The van der Waals surface area contributed by atoms with Gasteiger partial charge < -0.3 is 5.11 Å². The van der Waals surface area contributed by atoms with Crippen LogP contribution in [0.25, 0.3) is 0 Å². The first-order valence-electron chi connectivity index (χ1n) is 4.60. The van der Waals surface area contributed by atoms with E-state index in [1.54, 1.807) is 0 Å². The highest BCUT2D eigenvalue weighted by atomic mass is 35.5. The second kappa shape index (κ2) is 4.05. The molecular weight excluding hydrogens is 234 g/mol. The number of carbonyl (C=O) groups is 2. The summed E-state index contributed by atoms with van der Waals surface area (Å²) >= 11 is 5.56. The van der Waals surface area contributed by atoms with Crippen molar-refractivity contribution in [2.45, 2.75) is 6.42 Å². The molecule has 0 spiro atoms. The molecule has 0 saturated carbocycles. The van der Waals surface area contributed by atoms with Crippen LogP contribution in [0.5, 0.6) is 0 Å². The van der Waals surface area contributed by atoms with E-state index >= 15 is 0 Å². The lowest BCUT2D eigenvalue weighted by molar-refractivity contribution is -0.141. The molecule has 1 amide bonds. The van der Waals surface area contributed by atoms with Crippen molar-refractivity contribution >= 4 is 29.3 Å². The third kappa shape index (κ3) is 1.96. The number of aliphatic carboxylic acids is 1. The number of amides is 1. The number of halogens is 1. The molecule has 1 saturated heterocycles. The molecule has 1 aromatic heterocycles. The van der Waals surface area contributed by atoms with Crippen LogP contribution in [0.1, 0.15) is 6.42 Å². The summed E-state index contributed by atoms with van der Waals surface area (Å²) in [7, 11) is 0. The topological polar surface area (TPSA) is 83.4 Å². The largest absolute Gasteiger partial charge is 0.481 e. The average Bonchev–Trinajstić information content (AvgIpc) is 2.62. The molecule has 16 heavy (non-hydrogen) atoms. The fourth-order valence-corrected chi connectivity index (χ4v) is 1.65. The van der Waals surface area contributed by atoms with E-state index in [1.165, 1.54) is 17.0 Å². The summed E-state index contributed by atoms with van der Waals surface area (Å²) in [5, 5.41) is 16.4. The first-order chi connectivity index (χ1) is 7.58. The maximum Gasteiger partial charge on any atom is 0.308 e. The molecule has 1 aromatic rings. The third-order valence-electron chi connectivity index (χ3n) is 2.37. The molecule has 1 atom stereocenters. The van der Waals surface area contributed by atoms with E-state index in [4.69, 9.17) is 16.7 Å². The Morgan fingerprint density at radius 1 is 1.50 bits per heavy atom. The molecule has 0 radical (unpaired) electrons. The van der Waals surface area contributed by atoms with Gasteiger partial charge in [0.15, 0.2) is 11.0 Å². The molecule has 0 aromatic carbocycles. The standard InChI is InChI=1S/C9H8ClN3O3/c10-6-1-2-7(12-11-6)13-4-5(9(15)16)3-8(13)14/h1-2,5H,3-4H2,(H,15,16). The fourth-order valence-electron chi connectivity index (χ4n) is 1.55. The fraction of sp³-hybridized carbons (Fsp3) is 0.333. The molecule has 0 bridgehead atoms. The number of carbonyl (C=O) groups excluding carboxylic acids is 1. The van der Waals surface area contributed by atoms with Gasteiger partial charge in [-0.15, -0.1) is 10.2 Å². The Morgan fingerprint density at radius 2 is 2.25 bits per heavy atom. The summed E-state index contributed by atoms with van der Waals surface area (Å²) in [6, 6.07) is 3.04. The Bertz CT molecular complexity index is 434. The number of rotatable bonds is 2. The van der Waals surface area contributed by atoms with Gasteiger partial charge in [0.05, 0.1) is 5.92 Å². The summed E-state index contributed by atoms with van der Waals surface area (Å²) in [6.45, 7) is 0.129. The zero-order chi connectivity index (χ0) is 11.7. The van der Waals surface area contributed by atoms with Gasteiger partial charge in [0.2, 0.25) is 5.91 Å². The van der Waals surface area contributed by atoms with Crippen LogP contribution >= 0.6 is 11.6 Å². The minimum Gasteiger partial charge on any atom is -0.481 e. The van der Waals surface area contributed by atoms with Crippen molar-refractivity contribution in [3.63, 3.8) is 0 Å². The van der Waals surface area contributed by atoms with Crippen LogP contribution in [0.15, 0.2) is 12.1 Å². The highest BCUT2D eigenvalue weighted by Crippen LogP contribution is 2.23. The van der Waals surface area contributed by atoms with Crippen molar-refractivity contribution in [3.05, 3.63) is 17.3 Å². The van der Waals surface area contributed by atoms with E-state index in [2.05, 4.69) is 10.2 Å². The van der Waals surface area contributed by atoms with Gasteiger partial charge >= 0.3 is 5.97 Å². The summed E-state index contributed by atoms with van der Waals surface area (Å²) in [5.41, 5.74) is 0. The summed E-state index contributed by atoms with van der Waals surface area (Å²) in [5.74, 6) is -1.58. The number of anilines is 1. The van der Waals surface area contributed by atoms with E-state index in [1.807, 2.05) is 0 Å². The average molecular weight is 242 g/mol. The SMILES string of the molecule is O=C(O)C1CC(=O)N(c2ccc(Cl)nn2)C1. The third-order valence-corrected chi connectivity index (χ3v) is 2.57. The van der Waals surface area contributed by atoms with Crippen LogP contribution in [0.4, 0.5) is 5.82 Å². The molecular formula is C9H8ClN3O3. The number of hydrogen-bond acceptors (Lipinski definition) is 4. The quantitative estimate of drug-likeness (QED) is 0.818. The summed E-state index contributed by atoms with van der Waals surface area (Å²) in [6.07, 6.45) is -0.000357. The number of carboxylic acid groups (broad SMARTS) is 1. The van der Waals surface area contributed by atoms with Crippen molar-refractivity contribution in [3.8, 4) is 0 Å². The van der Waals surface area contributed by atoms with Gasteiger partial charge in [-0.05, 0) is 12.1 Å². The normalized spacial score (nSPS) is 20.2. The molecule has 1 fully saturated rings. The van der Waals surface area contributed by atoms with E-state index in [0.717, 1.165) is 0 Å². The Morgan fingerprint density at radius 3 is 2.75 bits per heavy atom. The van der Waals surface area contributed by atoms with Crippen LogP contribution in [-0.4, -0.2) is 33.7 Å². The number of aromatic nitrogens is 2. The lowest BCUT2D eigenvalue weighted by Gasteiger charge is -2.13. The predicted molar refractivity (Wildman–Crippen MR) is 55.1 cm³/mol. The Hall–Kier alpha value is -1.69. The van der Waals surface area contributed by atoms with Crippen molar-refractivity contribution < 1.29 is 14.7 Å². The monoisotopic (exact) mass is 241 g/mol. The first-order valence-corrected chi connectivity index (χ1v) is 4.98. The van der Waals surface area contributed by atoms with Crippen molar-refractivity contribution in [2.24, 2.45) is 5.92 Å². The second-order valence-electron chi connectivity index (χ2n) is 3.46. The predicted octanol–water partition coefficient (Wildman–Crippen LogP) is 0.568. The Labute approximate surface area is 95.8 Å². The number of carboxylic acids is 1. The maximum atomic E-state index is 11.5. The van der Waals surface area contributed by atoms with E-state index in [9.17, 15) is 9.59 Å². The van der Waals surface area contributed by atoms with Crippen molar-refractivity contribution in [2.75, 3.05) is 11.4 Å². The Kier molecular flexibility index (Phi) is 2.74. The first kappa shape index (κ1) is 10.8. The van der Waals surface area contributed by atoms with Crippen LogP contribution in [0, 0.1) is 5.92 Å². The molecule has 0 aliphatic carbocycles. The molecule has 1 N–H and O–H groups in total. The van der Waals surface area contributed by atoms with Gasteiger partial charge in [0, 0.05) is 13.0 Å². The van der Waals surface area contributed by atoms with Gasteiger partial charge in [-0.25, -0.2) is 0 Å². The molecule has 2 rings (SSSR count). The van der Waals surface area contributed by atoms with Crippen LogP contribution in [0.2, 0.25) is 5.15 Å². The van der Waals surface area contributed by atoms with E-state index < -0.39 is 11.9 Å². The second-order valence-corrected chi connectivity index (χ2v) is 3.85. The number of hydrogen-bond donors (Lipinski definition) is 1. The van der Waals surface area contributed by atoms with E-state index in [0.29, 0.717) is 5.82 Å². The Balaban J connectivity index is 2.20. The lowest BCUT2D eigenvalue weighted by Crippen LogP contribution is -2.26. The van der Waals surface area contributed by atoms with E-state index in [-0.39, 0.29) is 24.0 Å². The highest BCUT2D eigenvalue weighted by Gasteiger charge is 2.35. The lowest BCUT2D eigenvalue weighted by atomic mass is 10.1. The van der Waals surface area contributed by atoms with Crippen LogP contribution in [0.3, 0.4) is 0 Å². The van der Waals surface area contributed by atoms with Gasteiger partial charge in [-0.1, -0.05) is 11.6 Å². The summed E-state index contributed by atoms with van der Waals surface area (Å²) < 4.78 is 0. The van der Waals surface area contributed by atoms with Crippen LogP contribution < -0.4 is 4.90 Å². The number of nitrogens with zero attached hydrogens (tertiary/aromatic N) is 3. The zero-order valence-corrected chi connectivity index (χ0v) is 8.89. The molecule has 84 valence electrons. The molecule has 1 aliphatic rings. The smallest absolute Gasteiger partial charge is 0.308 e. The van der Waals surface area contributed by atoms with Crippen molar-refractivity contribution in [1.82, 2.24) is 10.2 Å². The maximum absolute atomic E-state index is 11.5. The molecule has 6 nitrogen and oxygen atoms in total. The van der Waals surface area contributed by atoms with Gasteiger partial charge in [-0.3, -0.25) is 14.5 Å². The molecule has 7 heteroatoms. The van der Waals surface area contributed by atoms with Gasteiger partial charge in [0.25, 0.3) is 0 Å². The minimum absolute atomic E-state index is 0.000357. The van der Waals surface area contributed by atoms with Crippen molar-refractivity contribution in [1.29, 1.82) is 0 Å². The molecule has 2 heterocycles.